The number of esters is 2. The van der Waals surface area contributed by atoms with Crippen LogP contribution in [0.2, 0.25) is 0 Å². The lowest BCUT2D eigenvalue weighted by molar-refractivity contribution is -0.184. The molecule has 0 aliphatic carbocycles. The molecule has 0 N–H and O–H groups in total. The van der Waals surface area contributed by atoms with E-state index in [1.165, 1.54) is 0 Å². The van der Waals surface area contributed by atoms with Gasteiger partial charge in [-0.1, -0.05) is 0 Å². The van der Waals surface area contributed by atoms with E-state index in [0.717, 1.165) is 32.4 Å². The van der Waals surface area contributed by atoms with Gasteiger partial charge in [-0.2, -0.15) is 0 Å². The van der Waals surface area contributed by atoms with Crippen molar-refractivity contribution in [3.05, 3.63) is 0 Å². The number of likely N-dealkylation sites (tertiary alicyclic amines) is 1. The molecule has 1 fully saturated rings. The molecule has 0 amide bonds. The van der Waals surface area contributed by atoms with Crippen LogP contribution in [0, 0.1) is 11.3 Å². The molecule has 1 aliphatic rings. The third-order valence-electron chi connectivity index (χ3n) is 4.59. The first-order chi connectivity index (χ1) is 11.2. The second-order valence-corrected chi connectivity index (χ2v) is 9.62. The van der Waals surface area contributed by atoms with E-state index >= 15 is 0 Å². The van der Waals surface area contributed by atoms with Crippen molar-refractivity contribution in [2.24, 2.45) is 11.3 Å². The Morgan fingerprint density at radius 1 is 0.880 bits per heavy atom. The lowest BCUT2D eigenvalue weighted by Gasteiger charge is -2.34. The first kappa shape index (κ1) is 21.9. The van der Waals surface area contributed by atoms with Gasteiger partial charge in [0.1, 0.15) is 11.2 Å². The topological polar surface area (TPSA) is 55.8 Å². The predicted octanol–water partition coefficient (Wildman–Crippen LogP) is 3.80. The fraction of sp³-hybridized carbons (Fsp3) is 0.900. The van der Waals surface area contributed by atoms with Crippen molar-refractivity contribution < 1.29 is 19.1 Å². The number of ether oxygens (including phenoxy) is 2. The number of carbonyl (C=O) groups is 2. The molecule has 0 radical (unpaired) electrons. The van der Waals surface area contributed by atoms with E-state index in [2.05, 4.69) is 11.9 Å². The number of hydrogen-bond acceptors (Lipinski definition) is 5. The summed E-state index contributed by atoms with van der Waals surface area (Å²) < 4.78 is 11.1. The van der Waals surface area contributed by atoms with Crippen molar-refractivity contribution in [2.75, 3.05) is 20.1 Å². The van der Waals surface area contributed by atoms with Crippen molar-refractivity contribution in [3.8, 4) is 0 Å². The van der Waals surface area contributed by atoms with Crippen molar-refractivity contribution in [3.63, 3.8) is 0 Å². The van der Waals surface area contributed by atoms with Crippen LogP contribution in [0.5, 0.6) is 0 Å². The highest BCUT2D eigenvalue weighted by atomic mass is 16.6. The molecule has 1 heterocycles. The van der Waals surface area contributed by atoms with Crippen LogP contribution >= 0.6 is 0 Å². The number of piperidine rings is 1. The minimum atomic E-state index is -1.26. The summed E-state index contributed by atoms with van der Waals surface area (Å²) >= 11 is 0. The first-order valence-electron chi connectivity index (χ1n) is 9.38. The maximum atomic E-state index is 12.8. The number of nitrogens with zero attached hydrogens (tertiary/aromatic N) is 1. The van der Waals surface area contributed by atoms with E-state index in [0.29, 0.717) is 12.3 Å². The van der Waals surface area contributed by atoms with E-state index in [1.54, 1.807) is 6.92 Å². The molecule has 0 spiro atoms. The normalized spacial score (nSPS) is 18.1. The van der Waals surface area contributed by atoms with Crippen molar-refractivity contribution >= 4 is 11.9 Å². The van der Waals surface area contributed by atoms with Crippen molar-refractivity contribution in [2.45, 2.75) is 85.4 Å². The van der Waals surface area contributed by atoms with Gasteiger partial charge >= 0.3 is 11.9 Å². The molecule has 5 nitrogen and oxygen atoms in total. The van der Waals surface area contributed by atoms with Gasteiger partial charge in [0.15, 0.2) is 5.41 Å². The second kappa shape index (κ2) is 8.07. The van der Waals surface area contributed by atoms with Gasteiger partial charge in [0.2, 0.25) is 0 Å². The van der Waals surface area contributed by atoms with Gasteiger partial charge in [0.25, 0.3) is 0 Å². The summed E-state index contributed by atoms with van der Waals surface area (Å²) in [6, 6.07) is 0. The van der Waals surface area contributed by atoms with E-state index in [9.17, 15) is 9.59 Å². The molecule has 0 aromatic heterocycles. The maximum Gasteiger partial charge on any atom is 0.323 e. The minimum Gasteiger partial charge on any atom is -0.459 e. The van der Waals surface area contributed by atoms with Crippen LogP contribution in [0.15, 0.2) is 0 Å². The highest BCUT2D eigenvalue weighted by Crippen LogP contribution is 2.34. The standard InChI is InChI=1S/C20H37NO4/c1-18(2,3)24-16(22)20(7,17(23)25-19(4,5)6)12-9-15-10-13-21(8)14-11-15/h15H,9-14H2,1-8H3. The quantitative estimate of drug-likeness (QED) is 0.555. The Labute approximate surface area is 153 Å². The minimum absolute atomic E-state index is 0.463. The molecular weight excluding hydrogens is 318 g/mol. The highest BCUT2D eigenvalue weighted by Gasteiger charge is 2.47. The molecule has 0 unspecified atom stereocenters. The van der Waals surface area contributed by atoms with E-state index in [-0.39, 0.29) is 0 Å². The zero-order valence-electron chi connectivity index (χ0n) is 17.4. The van der Waals surface area contributed by atoms with Crippen molar-refractivity contribution in [1.29, 1.82) is 0 Å². The summed E-state index contributed by atoms with van der Waals surface area (Å²) in [6.45, 7) is 14.7. The molecule has 0 bridgehead atoms. The third kappa shape index (κ3) is 7.35. The fourth-order valence-electron chi connectivity index (χ4n) is 2.91. The summed E-state index contributed by atoms with van der Waals surface area (Å²) in [6.07, 6.45) is 3.51. The van der Waals surface area contributed by atoms with Crippen LogP contribution in [-0.4, -0.2) is 48.2 Å². The molecule has 1 saturated heterocycles. The lowest BCUT2D eigenvalue weighted by atomic mass is 9.80. The second-order valence-electron chi connectivity index (χ2n) is 9.62. The molecule has 0 saturated carbocycles. The Morgan fingerprint density at radius 3 is 1.64 bits per heavy atom. The van der Waals surface area contributed by atoms with Gasteiger partial charge in [-0.3, -0.25) is 9.59 Å². The van der Waals surface area contributed by atoms with Gasteiger partial charge in [0.05, 0.1) is 0 Å². The van der Waals surface area contributed by atoms with Gasteiger partial charge in [-0.05, 0) is 100 Å². The Balaban J connectivity index is 2.86. The molecule has 0 aromatic rings. The van der Waals surface area contributed by atoms with Crippen LogP contribution in [0.25, 0.3) is 0 Å². The van der Waals surface area contributed by atoms with E-state index in [4.69, 9.17) is 9.47 Å². The summed E-state index contributed by atoms with van der Waals surface area (Å²) in [5.74, 6) is -0.426. The first-order valence-corrected chi connectivity index (χ1v) is 9.38. The summed E-state index contributed by atoms with van der Waals surface area (Å²) in [5, 5.41) is 0. The van der Waals surface area contributed by atoms with Gasteiger partial charge in [-0.25, -0.2) is 0 Å². The van der Waals surface area contributed by atoms with Crippen LogP contribution in [0.1, 0.15) is 74.1 Å². The molecule has 146 valence electrons. The lowest BCUT2D eigenvalue weighted by Crippen LogP contribution is -2.45. The Kier molecular flexibility index (Phi) is 7.08. The fourth-order valence-corrected chi connectivity index (χ4v) is 2.91. The third-order valence-corrected chi connectivity index (χ3v) is 4.59. The predicted molar refractivity (Wildman–Crippen MR) is 99.3 cm³/mol. The average molecular weight is 356 g/mol. The number of rotatable bonds is 5. The van der Waals surface area contributed by atoms with E-state index in [1.807, 2.05) is 41.5 Å². The smallest absolute Gasteiger partial charge is 0.323 e. The summed E-state index contributed by atoms with van der Waals surface area (Å²) in [4.78, 5) is 27.9. The Morgan fingerprint density at radius 2 is 1.28 bits per heavy atom. The van der Waals surface area contributed by atoms with Crippen LogP contribution in [0.3, 0.4) is 0 Å². The maximum absolute atomic E-state index is 12.8. The zero-order chi connectivity index (χ0) is 19.5. The van der Waals surface area contributed by atoms with Gasteiger partial charge in [0, 0.05) is 0 Å². The largest absolute Gasteiger partial charge is 0.459 e. The Bertz CT molecular complexity index is 437. The number of carbonyl (C=O) groups excluding carboxylic acids is 2. The van der Waals surface area contributed by atoms with Crippen LogP contribution in [0.4, 0.5) is 0 Å². The molecule has 0 aromatic carbocycles. The molecule has 25 heavy (non-hydrogen) atoms. The SMILES string of the molecule is CN1CCC(CCC(C)(C(=O)OC(C)(C)C)C(=O)OC(C)(C)C)CC1. The molecule has 5 heteroatoms. The zero-order valence-corrected chi connectivity index (χ0v) is 17.4. The van der Waals surface area contributed by atoms with Crippen LogP contribution in [-0.2, 0) is 19.1 Å². The van der Waals surface area contributed by atoms with Gasteiger partial charge < -0.3 is 14.4 Å². The summed E-state index contributed by atoms with van der Waals surface area (Å²) in [5.41, 5.74) is -2.52. The molecule has 0 atom stereocenters. The van der Waals surface area contributed by atoms with E-state index < -0.39 is 28.6 Å². The molecular formula is C20H37NO4. The van der Waals surface area contributed by atoms with Gasteiger partial charge in [-0.15, -0.1) is 0 Å². The number of hydrogen-bond donors (Lipinski definition) is 0. The average Bonchev–Trinajstić information content (AvgIpc) is 2.42. The molecule has 1 aliphatic heterocycles. The monoisotopic (exact) mass is 355 g/mol. The highest BCUT2D eigenvalue weighted by molar-refractivity contribution is 5.99. The van der Waals surface area contributed by atoms with Crippen LogP contribution < -0.4 is 0 Å². The molecule has 1 rings (SSSR count). The summed E-state index contributed by atoms with van der Waals surface area (Å²) in [7, 11) is 2.13. The van der Waals surface area contributed by atoms with Crippen molar-refractivity contribution in [1.82, 2.24) is 4.90 Å². The Hall–Kier alpha value is -1.10.